The molecule has 30 heavy (non-hydrogen) atoms. The molecule has 154 valence electrons. The number of hydrogen-bond donors (Lipinski definition) is 2. The van der Waals surface area contributed by atoms with E-state index in [9.17, 15) is 9.59 Å². The molecule has 1 aliphatic carbocycles. The summed E-state index contributed by atoms with van der Waals surface area (Å²) in [7, 11) is -1.21. The van der Waals surface area contributed by atoms with Crippen LogP contribution < -0.4 is 15.5 Å². The Bertz CT molecular complexity index is 1250. The Morgan fingerprint density at radius 2 is 2.00 bits per heavy atom. The number of amides is 2. The van der Waals surface area contributed by atoms with Gasteiger partial charge in [0.25, 0.3) is 11.8 Å². The van der Waals surface area contributed by atoms with Gasteiger partial charge in [-0.2, -0.15) is 0 Å². The van der Waals surface area contributed by atoms with Crippen LogP contribution in [0.15, 0.2) is 59.9 Å². The number of carbonyl (C=O) groups is 2. The smallest absolute Gasteiger partial charge is 0.271 e. The molecule has 1 aromatic carbocycles. The van der Waals surface area contributed by atoms with Crippen molar-refractivity contribution in [2.75, 3.05) is 19.5 Å². The molecular weight excluding hydrogens is 384 g/mol. The van der Waals surface area contributed by atoms with Gasteiger partial charge in [0.1, 0.15) is 17.2 Å². The fourth-order valence-electron chi connectivity index (χ4n) is 3.66. The number of carbonyl (C=O) groups excluding carboxylic acids is 2. The second kappa shape index (κ2) is 8.38. The number of pyridine rings is 1. The van der Waals surface area contributed by atoms with Gasteiger partial charge in [0.05, 0.1) is 18.3 Å². The molecule has 2 amide bonds. The first kappa shape index (κ1) is 16.2. The minimum absolute atomic E-state index is 0.213. The molecule has 2 heterocycles. The summed E-state index contributed by atoms with van der Waals surface area (Å²) in [6, 6.07) is 10.2. The van der Waals surface area contributed by atoms with E-state index >= 15 is 0 Å². The van der Waals surface area contributed by atoms with Crippen LogP contribution in [0.1, 0.15) is 23.4 Å². The second-order valence-corrected chi connectivity index (χ2v) is 6.78. The highest BCUT2D eigenvalue weighted by molar-refractivity contribution is 6.10. The lowest BCUT2D eigenvalue weighted by molar-refractivity contribution is -0.127. The Morgan fingerprint density at radius 3 is 2.80 bits per heavy atom. The third-order valence-electron chi connectivity index (χ3n) is 5.01. The van der Waals surface area contributed by atoms with Crippen LogP contribution in [0.2, 0.25) is 0 Å². The standard InChI is InChI=1S/C22H22N4O4/c1-29-15-6-3-5-14(13-15)16-9-10-19(26-12-11-23-20(16)26)24-21(27)17-7-4-8-18(17)22(28)25-30-2/h3,5-6,9-13H,4,7-8H2,1-2H3,(H,24,27)(H,25,28)/i1D3. The lowest BCUT2D eigenvalue weighted by atomic mass is 10.1. The van der Waals surface area contributed by atoms with Crippen LogP contribution in [-0.4, -0.2) is 35.3 Å². The quantitative estimate of drug-likeness (QED) is 0.610. The average Bonchev–Trinajstić information content (AvgIpc) is 3.43. The summed E-state index contributed by atoms with van der Waals surface area (Å²) in [5.41, 5.74) is 5.12. The maximum Gasteiger partial charge on any atom is 0.271 e. The normalized spacial score (nSPS) is 15.4. The van der Waals surface area contributed by atoms with E-state index in [1.807, 2.05) is 6.07 Å². The lowest BCUT2D eigenvalue weighted by Gasteiger charge is -2.13. The zero-order chi connectivity index (χ0) is 23.6. The summed E-state index contributed by atoms with van der Waals surface area (Å²) in [5.74, 6) is -0.0753. The number of fused-ring (bicyclic) bond motifs is 1. The number of nitrogens with one attached hydrogen (secondary N) is 2. The number of imidazole rings is 1. The van der Waals surface area contributed by atoms with Crippen molar-refractivity contribution in [1.29, 1.82) is 0 Å². The van der Waals surface area contributed by atoms with Crippen LogP contribution in [0.25, 0.3) is 16.8 Å². The molecule has 0 spiro atoms. The van der Waals surface area contributed by atoms with Crippen molar-refractivity contribution in [3.05, 3.63) is 59.9 Å². The van der Waals surface area contributed by atoms with Crippen LogP contribution in [0.3, 0.4) is 0 Å². The van der Waals surface area contributed by atoms with Crippen LogP contribution >= 0.6 is 0 Å². The predicted molar refractivity (Wildman–Crippen MR) is 112 cm³/mol. The van der Waals surface area contributed by atoms with E-state index in [1.165, 1.54) is 7.11 Å². The fraction of sp³-hybridized carbons (Fsp3) is 0.227. The zero-order valence-corrected chi connectivity index (χ0v) is 16.3. The van der Waals surface area contributed by atoms with Gasteiger partial charge in [-0.15, -0.1) is 0 Å². The molecule has 8 nitrogen and oxygen atoms in total. The Morgan fingerprint density at radius 1 is 1.17 bits per heavy atom. The van der Waals surface area contributed by atoms with Crippen molar-refractivity contribution >= 4 is 23.3 Å². The molecule has 0 fully saturated rings. The number of rotatable bonds is 6. The van der Waals surface area contributed by atoms with E-state index < -0.39 is 12.9 Å². The first-order chi connectivity index (χ1) is 15.8. The number of aromatic nitrogens is 2. The minimum Gasteiger partial charge on any atom is -0.497 e. The molecule has 0 radical (unpaired) electrons. The minimum atomic E-state index is -2.55. The summed E-state index contributed by atoms with van der Waals surface area (Å²) in [6.45, 7) is 0. The number of anilines is 1. The number of benzene rings is 1. The molecule has 0 unspecified atom stereocenters. The maximum atomic E-state index is 12.9. The third kappa shape index (κ3) is 3.65. The SMILES string of the molecule is [2H]C([2H])([2H])Oc1cccc(-c2ccc(NC(=O)C3=C(C(=O)NOC)CCC3)n3ccnc23)c1. The Labute approximate surface area is 177 Å². The number of nitrogens with zero attached hydrogens (tertiary/aromatic N) is 2. The van der Waals surface area contributed by atoms with Gasteiger partial charge in [0.15, 0.2) is 0 Å². The fourth-order valence-corrected chi connectivity index (χ4v) is 3.66. The van der Waals surface area contributed by atoms with E-state index in [1.54, 1.807) is 47.1 Å². The van der Waals surface area contributed by atoms with Crippen molar-refractivity contribution in [3.63, 3.8) is 0 Å². The number of hydroxylamine groups is 1. The largest absolute Gasteiger partial charge is 0.497 e. The van der Waals surface area contributed by atoms with E-state index in [0.717, 1.165) is 5.56 Å². The molecule has 0 saturated heterocycles. The third-order valence-corrected chi connectivity index (χ3v) is 5.01. The molecule has 4 rings (SSSR count). The molecule has 0 aliphatic heterocycles. The summed E-state index contributed by atoms with van der Waals surface area (Å²) < 4.78 is 28.6. The highest BCUT2D eigenvalue weighted by atomic mass is 16.6. The van der Waals surface area contributed by atoms with E-state index in [4.69, 9.17) is 8.85 Å². The number of ether oxygens (including phenoxy) is 1. The molecule has 0 saturated carbocycles. The molecule has 1 aliphatic rings. The van der Waals surface area contributed by atoms with E-state index in [-0.39, 0.29) is 11.7 Å². The van der Waals surface area contributed by atoms with Gasteiger partial charge >= 0.3 is 0 Å². The van der Waals surface area contributed by atoms with Gasteiger partial charge < -0.3 is 10.1 Å². The highest BCUT2D eigenvalue weighted by Crippen LogP contribution is 2.30. The summed E-state index contributed by atoms with van der Waals surface area (Å²) >= 11 is 0. The van der Waals surface area contributed by atoms with Gasteiger partial charge in [0, 0.05) is 29.1 Å². The number of methoxy groups -OCH3 is 1. The molecule has 0 atom stereocenters. The predicted octanol–water partition coefficient (Wildman–Crippen LogP) is 3.11. The van der Waals surface area contributed by atoms with Crippen molar-refractivity contribution in [2.45, 2.75) is 19.3 Å². The molecule has 3 aromatic rings. The summed E-state index contributed by atoms with van der Waals surface area (Å²) in [4.78, 5) is 34.2. The van der Waals surface area contributed by atoms with Gasteiger partial charge in [-0.25, -0.2) is 10.5 Å². The highest BCUT2D eigenvalue weighted by Gasteiger charge is 2.26. The molecule has 2 N–H and O–H groups in total. The van der Waals surface area contributed by atoms with Gasteiger partial charge in [-0.3, -0.25) is 18.8 Å². The first-order valence-electron chi connectivity index (χ1n) is 10.9. The van der Waals surface area contributed by atoms with Gasteiger partial charge in [0.2, 0.25) is 0 Å². The zero-order valence-electron chi connectivity index (χ0n) is 19.3. The van der Waals surface area contributed by atoms with Crippen molar-refractivity contribution in [2.24, 2.45) is 0 Å². The first-order valence-corrected chi connectivity index (χ1v) is 9.39. The van der Waals surface area contributed by atoms with E-state index in [0.29, 0.717) is 47.4 Å². The summed E-state index contributed by atoms with van der Waals surface area (Å²) in [6.07, 6.45) is 5.03. The topological polar surface area (TPSA) is 94.0 Å². The molecule has 0 bridgehead atoms. The Balaban J connectivity index is 1.64. The van der Waals surface area contributed by atoms with Crippen LogP contribution in [0, 0.1) is 0 Å². The monoisotopic (exact) mass is 409 g/mol. The van der Waals surface area contributed by atoms with Crippen molar-refractivity contribution in [3.8, 4) is 16.9 Å². The lowest BCUT2D eigenvalue weighted by Crippen LogP contribution is -2.26. The molecular formula is C22H22N4O4. The van der Waals surface area contributed by atoms with Crippen molar-refractivity contribution in [1.82, 2.24) is 14.9 Å². The van der Waals surface area contributed by atoms with Gasteiger partial charge in [-0.05, 0) is 49.1 Å². The Kier molecular flexibility index (Phi) is 4.52. The number of hydrogen-bond acceptors (Lipinski definition) is 5. The Hall–Kier alpha value is -3.65. The summed E-state index contributed by atoms with van der Waals surface area (Å²) in [5, 5.41) is 2.87. The van der Waals surface area contributed by atoms with E-state index in [2.05, 4.69) is 20.6 Å². The molecule has 2 aromatic heterocycles. The van der Waals surface area contributed by atoms with Crippen molar-refractivity contribution < 1.29 is 23.3 Å². The van der Waals surface area contributed by atoms with Gasteiger partial charge in [-0.1, -0.05) is 12.1 Å². The molecule has 8 heteroatoms. The van der Waals surface area contributed by atoms with Crippen LogP contribution in [-0.2, 0) is 14.4 Å². The van der Waals surface area contributed by atoms with Crippen LogP contribution in [0.4, 0.5) is 5.82 Å². The maximum absolute atomic E-state index is 12.9. The van der Waals surface area contributed by atoms with Crippen LogP contribution in [0.5, 0.6) is 5.75 Å². The second-order valence-electron chi connectivity index (χ2n) is 6.78. The average molecular weight is 409 g/mol.